The number of fused-ring (bicyclic) bond motifs is 1. The smallest absolute Gasteiger partial charge is 0.160 e. The Kier molecular flexibility index (Phi) is 2.61. The minimum absolute atomic E-state index is 0.741. The maximum atomic E-state index is 4.28. The molecule has 0 unspecified atom stereocenters. The van der Waals surface area contributed by atoms with Crippen molar-refractivity contribution in [3.63, 3.8) is 0 Å². The lowest BCUT2D eigenvalue weighted by Crippen LogP contribution is -1.88. The molecule has 17 heavy (non-hydrogen) atoms. The molecule has 3 rings (SSSR count). The van der Waals surface area contributed by atoms with E-state index in [9.17, 15) is 0 Å². The van der Waals surface area contributed by atoms with Crippen LogP contribution < -0.4 is 0 Å². The number of benzene rings is 2. The Hall–Kier alpha value is -1.74. The second-order valence-electron chi connectivity index (χ2n) is 3.75. The van der Waals surface area contributed by atoms with Crippen molar-refractivity contribution in [3.05, 3.63) is 59.3 Å². The first kappa shape index (κ1) is 10.4. The lowest BCUT2D eigenvalue weighted by molar-refractivity contribution is 1.17. The van der Waals surface area contributed by atoms with Crippen molar-refractivity contribution in [1.29, 1.82) is 0 Å². The van der Waals surface area contributed by atoms with E-state index >= 15 is 0 Å². The van der Waals surface area contributed by atoms with Crippen LogP contribution in [0.5, 0.6) is 0 Å². The number of aromatic nitrogens is 2. The molecule has 3 aromatic rings. The van der Waals surface area contributed by atoms with Gasteiger partial charge < -0.3 is 0 Å². The second-order valence-corrected chi connectivity index (χ2v) is 4.61. The highest BCUT2D eigenvalue weighted by Crippen LogP contribution is 2.30. The fraction of sp³-hybridized carbons (Fsp3) is 0. The van der Waals surface area contributed by atoms with Crippen LogP contribution in [0.2, 0.25) is 0 Å². The number of hydrogen-bond acceptors (Lipinski definition) is 2. The Morgan fingerprint density at radius 2 is 1.47 bits per heavy atom. The van der Waals surface area contributed by atoms with Crippen molar-refractivity contribution >= 4 is 26.7 Å². The number of nitrogens with zero attached hydrogens (tertiary/aromatic N) is 2. The van der Waals surface area contributed by atoms with Crippen molar-refractivity contribution in [2.24, 2.45) is 0 Å². The van der Waals surface area contributed by atoms with E-state index in [1.807, 2.05) is 18.2 Å². The Morgan fingerprint density at radius 3 is 2.18 bits per heavy atom. The molecule has 0 bridgehead atoms. The minimum atomic E-state index is 0.741. The second kappa shape index (κ2) is 4.26. The minimum Gasteiger partial charge on any atom is -0.237 e. The van der Waals surface area contributed by atoms with E-state index in [0.29, 0.717) is 0 Å². The molecule has 2 nitrogen and oxygen atoms in total. The molecule has 1 aromatic heterocycles. The molecule has 0 aliphatic rings. The van der Waals surface area contributed by atoms with Gasteiger partial charge in [-0.15, -0.1) is 0 Å². The number of hydrogen-bond donors (Lipinski definition) is 0. The fourth-order valence-electron chi connectivity index (χ4n) is 1.82. The predicted octanol–water partition coefficient (Wildman–Crippen LogP) is 4.06. The summed E-state index contributed by atoms with van der Waals surface area (Å²) in [6.45, 7) is 0. The first-order valence-electron chi connectivity index (χ1n) is 5.30. The normalized spacial score (nSPS) is 10.6. The van der Waals surface area contributed by atoms with Crippen LogP contribution in [-0.2, 0) is 0 Å². The monoisotopic (exact) mass is 284 g/mol. The molecule has 0 atom stereocenters. The molecule has 0 radical (unpaired) electrons. The van der Waals surface area contributed by atoms with Crippen molar-refractivity contribution < 1.29 is 0 Å². The zero-order valence-corrected chi connectivity index (χ0v) is 10.6. The van der Waals surface area contributed by atoms with E-state index in [-0.39, 0.29) is 0 Å². The quantitative estimate of drug-likeness (QED) is 0.673. The summed E-state index contributed by atoms with van der Waals surface area (Å²) < 4.78 is 1.02. The Morgan fingerprint density at radius 1 is 0.824 bits per heavy atom. The summed E-state index contributed by atoms with van der Waals surface area (Å²) in [4.78, 5) is 8.55. The zero-order chi connectivity index (χ0) is 11.7. The third kappa shape index (κ3) is 1.94. The van der Waals surface area contributed by atoms with Gasteiger partial charge in [-0.2, -0.15) is 0 Å². The number of rotatable bonds is 1. The van der Waals surface area contributed by atoms with E-state index in [2.05, 4.69) is 50.2 Å². The molecule has 0 fully saturated rings. The average molecular weight is 285 g/mol. The highest BCUT2D eigenvalue weighted by atomic mass is 79.9. The Labute approximate surface area is 107 Å². The summed E-state index contributed by atoms with van der Waals surface area (Å²) >= 11 is 3.57. The van der Waals surface area contributed by atoms with Gasteiger partial charge in [-0.05, 0) is 29.0 Å². The molecule has 1 heterocycles. The summed E-state index contributed by atoms with van der Waals surface area (Å²) in [6.07, 6.45) is 3.51. The standard InChI is InChI=1S/C14H9BrN2/c15-13-9-11-5-2-1-4-10(11)8-12(13)14-16-6-3-7-17-14/h1-9H. The molecule has 0 N–H and O–H groups in total. The van der Waals surface area contributed by atoms with Crippen molar-refractivity contribution in [2.45, 2.75) is 0 Å². The average Bonchev–Trinajstić information content (AvgIpc) is 2.39. The predicted molar refractivity (Wildman–Crippen MR) is 72.7 cm³/mol. The summed E-state index contributed by atoms with van der Waals surface area (Å²) in [5.74, 6) is 0.741. The van der Waals surface area contributed by atoms with Crippen LogP contribution in [0.15, 0.2) is 59.3 Å². The molecule has 0 saturated heterocycles. The topological polar surface area (TPSA) is 25.8 Å². The van der Waals surface area contributed by atoms with Gasteiger partial charge in [-0.3, -0.25) is 0 Å². The molecule has 2 aromatic carbocycles. The highest BCUT2D eigenvalue weighted by Gasteiger charge is 2.06. The molecule has 0 spiro atoms. The van der Waals surface area contributed by atoms with Crippen LogP contribution in [0.25, 0.3) is 22.2 Å². The van der Waals surface area contributed by atoms with Crippen molar-refractivity contribution in [3.8, 4) is 11.4 Å². The Bertz CT molecular complexity index is 665. The third-order valence-electron chi connectivity index (χ3n) is 2.64. The van der Waals surface area contributed by atoms with E-state index in [1.165, 1.54) is 10.8 Å². The molecular weight excluding hydrogens is 276 g/mol. The lowest BCUT2D eigenvalue weighted by Gasteiger charge is -2.05. The largest absolute Gasteiger partial charge is 0.237 e. The van der Waals surface area contributed by atoms with Crippen molar-refractivity contribution in [1.82, 2.24) is 9.97 Å². The van der Waals surface area contributed by atoms with Gasteiger partial charge in [-0.1, -0.05) is 40.2 Å². The van der Waals surface area contributed by atoms with Crippen molar-refractivity contribution in [2.75, 3.05) is 0 Å². The molecule has 0 amide bonds. The van der Waals surface area contributed by atoms with Gasteiger partial charge in [0.2, 0.25) is 0 Å². The molecule has 0 aliphatic carbocycles. The van der Waals surface area contributed by atoms with Crippen LogP contribution in [-0.4, -0.2) is 9.97 Å². The molecule has 0 aliphatic heterocycles. The highest BCUT2D eigenvalue weighted by molar-refractivity contribution is 9.10. The molecule has 0 saturated carbocycles. The first-order valence-corrected chi connectivity index (χ1v) is 6.09. The van der Waals surface area contributed by atoms with Gasteiger partial charge in [0.1, 0.15) is 0 Å². The maximum absolute atomic E-state index is 4.28. The SMILES string of the molecule is Brc1cc2ccccc2cc1-c1ncccn1. The van der Waals surface area contributed by atoms with Crippen LogP contribution in [0.1, 0.15) is 0 Å². The summed E-state index contributed by atoms with van der Waals surface area (Å²) in [7, 11) is 0. The van der Waals surface area contributed by atoms with Crippen LogP contribution in [0.3, 0.4) is 0 Å². The van der Waals surface area contributed by atoms with Gasteiger partial charge in [0, 0.05) is 22.4 Å². The van der Waals surface area contributed by atoms with Gasteiger partial charge in [0.15, 0.2) is 5.82 Å². The molecular formula is C14H9BrN2. The lowest BCUT2D eigenvalue weighted by atomic mass is 10.1. The van der Waals surface area contributed by atoms with Crippen LogP contribution >= 0.6 is 15.9 Å². The molecule has 82 valence electrons. The summed E-state index contributed by atoms with van der Waals surface area (Å²) in [6, 6.07) is 14.3. The van der Waals surface area contributed by atoms with Crippen LogP contribution in [0, 0.1) is 0 Å². The first-order chi connectivity index (χ1) is 8.34. The maximum Gasteiger partial charge on any atom is 0.160 e. The summed E-state index contributed by atoms with van der Waals surface area (Å²) in [5, 5.41) is 2.40. The van der Waals surface area contributed by atoms with Gasteiger partial charge in [-0.25, -0.2) is 9.97 Å². The third-order valence-corrected chi connectivity index (χ3v) is 3.30. The van der Waals surface area contributed by atoms with Gasteiger partial charge >= 0.3 is 0 Å². The van der Waals surface area contributed by atoms with E-state index in [1.54, 1.807) is 12.4 Å². The van der Waals surface area contributed by atoms with Crippen LogP contribution in [0.4, 0.5) is 0 Å². The van der Waals surface area contributed by atoms with E-state index in [4.69, 9.17) is 0 Å². The fourth-order valence-corrected chi connectivity index (χ4v) is 2.36. The van der Waals surface area contributed by atoms with Gasteiger partial charge in [0.05, 0.1) is 0 Å². The number of halogens is 1. The molecule has 3 heteroatoms. The Balaban J connectivity index is 2.27. The van der Waals surface area contributed by atoms with E-state index in [0.717, 1.165) is 15.9 Å². The summed E-state index contributed by atoms with van der Waals surface area (Å²) in [5.41, 5.74) is 1.02. The van der Waals surface area contributed by atoms with E-state index < -0.39 is 0 Å². The zero-order valence-electron chi connectivity index (χ0n) is 8.97. The van der Waals surface area contributed by atoms with Gasteiger partial charge in [0.25, 0.3) is 0 Å².